The van der Waals surface area contributed by atoms with Crippen molar-refractivity contribution in [3.63, 3.8) is 0 Å². The second-order valence-corrected chi connectivity index (χ2v) is 6.33. The molecule has 0 fully saturated rings. The van der Waals surface area contributed by atoms with Crippen LogP contribution in [0.25, 0.3) is 0 Å². The van der Waals surface area contributed by atoms with Crippen molar-refractivity contribution in [3.8, 4) is 17.2 Å². The van der Waals surface area contributed by atoms with Crippen molar-refractivity contribution in [2.24, 2.45) is 0 Å². The normalized spacial score (nSPS) is 13.5. The molecule has 1 aliphatic rings. The minimum absolute atomic E-state index is 0.205. The van der Waals surface area contributed by atoms with Gasteiger partial charge in [0.1, 0.15) is 0 Å². The number of rotatable bonds is 6. The van der Waals surface area contributed by atoms with Crippen molar-refractivity contribution < 1.29 is 28.5 Å². The van der Waals surface area contributed by atoms with Crippen molar-refractivity contribution in [2.75, 3.05) is 32.8 Å². The third-order valence-electron chi connectivity index (χ3n) is 4.69. The summed E-state index contributed by atoms with van der Waals surface area (Å²) in [6, 6.07) is 10.7. The van der Waals surface area contributed by atoms with E-state index in [0.717, 1.165) is 17.7 Å². The molecular formula is C21H23NO6. The Balaban J connectivity index is 1.77. The van der Waals surface area contributed by atoms with Gasteiger partial charge in [-0.1, -0.05) is 18.2 Å². The van der Waals surface area contributed by atoms with Gasteiger partial charge in [0, 0.05) is 12.2 Å². The van der Waals surface area contributed by atoms with Gasteiger partial charge < -0.3 is 23.8 Å². The average molecular weight is 385 g/mol. The molecule has 1 heterocycles. The van der Waals surface area contributed by atoms with Crippen molar-refractivity contribution >= 4 is 17.6 Å². The summed E-state index contributed by atoms with van der Waals surface area (Å²) in [7, 11) is 4.40. The van der Waals surface area contributed by atoms with Crippen LogP contribution in [0.1, 0.15) is 22.8 Å². The molecule has 2 aromatic carbocycles. The fraction of sp³-hybridized carbons (Fsp3) is 0.333. The molecule has 0 saturated heterocycles. The van der Waals surface area contributed by atoms with E-state index in [2.05, 4.69) is 0 Å². The van der Waals surface area contributed by atoms with E-state index < -0.39 is 12.1 Å². The molecule has 0 N–H and O–H groups in total. The maximum absolute atomic E-state index is 12.8. The number of carbonyl (C=O) groups is 2. The van der Waals surface area contributed by atoms with E-state index in [4.69, 9.17) is 18.9 Å². The van der Waals surface area contributed by atoms with Crippen LogP contribution in [0.5, 0.6) is 17.2 Å². The molecule has 0 radical (unpaired) electrons. The Morgan fingerprint density at radius 1 is 1.00 bits per heavy atom. The maximum atomic E-state index is 12.8. The minimum Gasteiger partial charge on any atom is -0.493 e. The predicted molar refractivity (Wildman–Crippen MR) is 103 cm³/mol. The van der Waals surface area contributed by atoms with Gasteiger partial charge in [-0.05, 0) is 37.1 Å². The number of hydrogen-bond donors (Lipinski definition) is 0. The van der Waals surface area contributed by atoms with Crippen molar-refractivity contribution in [1.29, 1.82) is 0 Å². The summed E-state index contributed by atoms with van der Waals surface area (Å²) in [6.07, 6.45) is -0.145. The highest BCUT2D eigenvalue weighted by Gasteiger charge is 2.30. The summed E-state index contributed by atoms with van der Waals surface area (Å²) < 4.78 is 21.2. The van der Waals surface area contributed by atoms with Gasteiger partial charge in [0.2, 0.25) is 5.75 Å². The Morgan fingerprint density at radius 3 is 2.25 bits per heavy atom. The quantitative estimate of drug-likeness (QED) is 0.712. The fourth-order valence-corrected chi connectivity index (χ4v) is 3.26. The molecule has 28 heavy (non-hydrogen) atoms. The summed E-state index contributed by atoms with van der Waals surface area (Å²) in [5.74, 6) is 0.139. The molecule has 0 saturated carbocycles. The van der Waals surface area contributed by atoms with Gasteiger partial charge in [0.25, 0.3) is 5.91 Å². The first-order valence-electron chi connectivity index (χ1n) is 8.90. The topological polar surface area (TPSA) is 74.3 Å². The number of benzene rings is 2. The predicted octanol–water partition coefficient (Wildman–Crippen LogP) is 2.85. The molecule has 0 bridgehead atoms. The number of amides is 1. The molecule has 3 rings (SSSR count). The SMILES string of the molecule is COc1cc(C(=O)OC(C)C(=O)N2CCc3ccccc32)cc(OC)c1OC. The molecule has 7 nitrogen and oxygen atoms in total. The summed E-state index contributed by atoms with van der Waals surface area (Å²) in [5, 5.41) is 0. The highest BCUT2D eigenvalue weighted by molar-refractivity contribution is 6.00. The molecule has 148 valence electrons. The number of esters is 1. The molecule has 0 aliphatic carbocycles. The molecule has 2 aromatic rings. The summed E-state index contributed by atoms with van der Waals surface area (Å²) in [6.45, 7) is 2.14. The van der Waals surface area contributed by atoms with Crippen molar-refractivity contribution in [2.45, 2.75) is 19.4 Å². The molecule has 0 aromatic heterocycles. The summed E-state index contributed by atoms with van der Waals surface area (Å²) in [4.78, 5) is 27.1. The zero-order chi connectivity index (χ0) is 20.3. The fourth-order valence-electron chi connectivity index (χ4n) is 3.26. The van der Waals surface area contributed by atoms with Gasteiger partial charge in [0.15, 0.2) is 17.6 Å². The Kier molecular flexibility index (Phi) is 5.73. The third kappa shape index (κ3) is 3.60. The van der Waals surface area contributed by atoms with Crippen LogP contribution in [-0.2, 0) is 16.0 Å². The number of methoxy groups -OCH3 is 3. The first kappa shape index (κ1) is 19.5. The Labute approximate surface area is 163 Å². The molecule has 1 aliphatic heterocycles. The first-order valence-corrected chi connectivity index (χ1v) is 8.90. The van der Waals surface area contributed by atoms with Gasteiger partial charge in [-0.3, -0.25) is 4.79 Å². The number of para-hydroxylation sites is 1. The van der Waals surface area contributed by atoms with Crippen molar-refractivity contribution in [1.82, 2.24) is 0 Å². The Morgan fingerprint density at radius 2 is 1.64 bits per heavy atom. The van der Waals surface area contributed by atoms with Crippen LogP contribution in [0.3, 0.4) is 0 Å². The van der Waals surface area contributed by atoms with Crippen LogP contribution in [0.15, 0.2) is 36.4 Å². The summed E-state index contributed by atoms with van der Waals surface area (Å²) >= 11 is 0. The molecule has 0 spiro atoms. The monoisotopic (exact) mass is 385 g/mol. The minimum atomic E-state index is -0.933. The smallest absolute Gasteiger partial charge is 0.339 e. The standard InChI is InChI=1S/C21H23NO6/c1-13(20(23)22-10-9-14-7-5-6-8-16(14)22)28-21(24)15-11-17(25-2)19(27-4)18(12-15)26-3/h5-8,11-13H,9-10H2,1-4H3. The van der Waals surface area contributed by atoms with Gasteiger partial charge in [0.05, 0.1) is 26.9 Å². The lowest BCUT2D eigenvalue weighted by Crippen LogP contribution is -2.39. The van der Waals surface area contributed by atoms with Crippen molar-refractivity contribution in [3.05, 3.63) is 47.5 Å². The van der Waals surface area contributed by atoms with Crippen LogP contribution in [0, 0.1) is 0 Å². The summed E-state index contributed by atoms with van der Waals surface area (Å²) in [5.41, 5.74) is 2.18. The number of anilines is 1. The number of nitrogens with zero attached hydrogens (tertiary/aromatic N) is 1. The molecule has 1 amide bonds. The van der Waals surface area contributed by atoms with Crippen LogP contribution >= 0.6 is 0 Å². The van der Waals surface area contributed by atoms with E-state index in [1.807, 2.05) is 24.3 Å². The van der Waals surface area contributed by atoms with Gasteiger partial charge >= 0.3 is 5.97 Å². The molecular weight excluding hydrogens is 362 g/mol. The Bertz CT molecular complexity index is 869. The lowest BCUT2D eigenvalue weighted by molar-refractivity contribution is -0.126. The van der Waals surface area contributed by atoms with Gasteiger partial charge in [-0.2, -0.15) is 0 Å². The molecule has 1 atom stereocenters. The van der Waals surface area contributed by atoms with Gasteiger partial charge in [-0.15, -0.1) is 0 Å². The second kappa shape index (κ2) is 8.21. The number of carbonyl (C=O) groups excluding carboxylic acids is 2. The van der Waals surface area contributed by atoms with Crippen LogP contribution in [0.4, 0.5) is 5.69 Å². The first-order chi connectivity index (χ1) is 13.5. The third-order valence-corrected chi connectivity index (χ3v) is 4.69. The van der Waals surface area contributed by atoms with E-state index in [1.54, 1.807) is 11.8 Å². The lowest BCUT2D eigenvalue weighted by Gasteiger charge is -2.22. The second-order valence-electron chi connectivity index (χ2n) is 6.33. The van der Waals surface area contributed by atoms with E-state index in [-0.39, 0.29) is 11.5 Å². The zero-order valence-electron chi connectivity index (χ0n) is 16.4. The van der Waals surface area contributed by atoms with E-state index in [0.29, 0.717) is 23.8 Å². The number of ether oxygens (including phenoxy) is 4. The van der Waals surface area contributed by atoms with Crippen LogP contribution < -0.4 is 19.1 Å². The maximum Gasteiger partial charge on any atom is 0.339 e. The number of hydrogen-bond acceptors (Lipinski definition) is 6. The molecule has 1 unspecified atom stereocenters. The Hall–Kier alpha value is -3.22. The van der Waals surface area contributed by atoms with Gasteiger partial charge in [-0.25, -0.2) is 4.79 Å². The van der Waals surface area contributed by atoms with Crippen LogP contribution in [0.2, 0.25) is 0 Å². The largest absolute Gasteiger partial charge is 0.493 e. The molecule has 7 heteroatoms. The van der Waals surface area contributed by atoms with E-state index in [1.165, 1.54) is 33.5 Å². The zero-order valence-corrected chi connectivity index (χ0v) is 16.4. The van der Waals surface area contributed by atoms with Crippen LogP contribution in [-0.4, -0.2) is 45.9 Å². The highest BCUT2D eigenvalue weighted by atomic mass is 16.6. The highest BCUT2D eigenvalue weighted by Crippen LogP contribution is 2.38. The van der Waals surface area contributed by atoms with E-state index >= 15 is 0 Å². The van der Waals surface area contributed by atoms with E-state index in [9.17, 15) is 9.59 Å². The number of fused-ring (bicyclic) bond motifs is 1. The lowest BCUT2D eigenvalue weighted by atomic mass is 10.1. The average Bonchev–Trinajstić information content (AvgIpc) is 3.15.